The lowest BCUT2D eigenvalue weighted by molar-refractivity contribution is -0.274. The van der Waals surface area contributed by atoms with Crippen molar-refractivity contribution in [3.8, 4) is 11.5 Å². The Morgan fingerprint density at radius 3 is 2.35 bits per heavy atom. The number of carbonyl (C=O) groups is 1. The Kier molecular flexibility index (Phi) is 5.91. The minimum Gasteiger partial charge on any atom is -0.496 e. The van der Waals surface area contributed by atoms with Crippen molar-refractivity contribution >= 4 is 5.91 Å². The van der Waals surface area contributed by atoms with Gasteiger partial charge in [0.1, 0.15) is 11.5 Å². The van der Waals surface area contributed by atoms with Crippen LogP contribution in [0.2, 0.25) is 0 Å². The maximum absolute atomic E-state index is 12.1. The fourth-order valence-corrected chi connectivity index (χ4v) is 2.29. The Morgan fingerprint density at radius 2 is 1.81 bits per heavy atom. The summed E-state index contributed by atoms with van der Waals surface area (Å²) in [7, 11) is 1.46. The fraction of sp³-hybridized carbons (Fsp3) is 0.294. The maximum Gasteiger partial charge on any atom is 0.573 e. The van der Waals surface area contributed by atoms with Gasteiger partial charge in [0.25, 0.3) is 11.5 Å². The number of carbonyl (C=O) groups excluding carboxylic acids is 1. The standard InChI is InChI=1S/C17H17F3N2O4/c1-11-9-14(25-2)10-15(23)22(11)8-7-21-16(24)12-3-5-13(6-4-12)26-17(18,19)20/h3-6,9-10H,7-8H2,1-2H3,(H,21,24). The molecule has 0 atom stereocenters. The highest BCUT2D eigenvalue weighted by atomic mass is 19.4. The molecule has 0 spiro atoms. The van der Waals surface area contributed by atoms with E-state index in [2.05, 4.69) is 10.1 Å². The molecule has 0 aliphatic carbocycles. The van der Waals surface area contributed by atoms with Crippen LogP contribution in [-0.4, -0.2) is 30.5 Å². The molecular formula is C17H17F3N2O4. The molecule has 0 radical (unpaired) electrons. The molecule has 2 aromatic rings. The zero-order chi connectivity index (χ0) is 19.3. The van der Waals surface area contributed by atoms with Gasteiger partial charge in [0, 0.05) is 30.4 Å². The van der Waals surface area contributed by atoms with Gasteiger partial charge in [-0.05, 0) is 37.3 Å². The largest absolute Gasteiger partial charge is 0.573 e. The van der Waals surface area contributed by atoms with Crippen molar-refractivity contribution in [1.82, 2.24) is 9.88 Å². The van der Waals surface area contributed by atoms with Crippen molar-refractivity contribution in [1.29, 1.82) is 0 Å². The molecule has 0 saturated carbocycles. The van der Waals surface area contributed by atoms with Gasteiger partial charge in [-0.1, -0.05) is 0 Å². The molecule has 1 aromatic heterocycles. The van der Waals surface area contributed by atoms with E-state index in [1.54, 1.807) is 13.0 Å². The number of methoxy groups -OCH3 is 1. The van der Waals surface area contributed by atoms with E-state index in [1.165, 1.54) is 29.9 Å². The van der Waals surface area contributed by atoms with Gasteiger partial charge in [0.15, 0.2) is 0 Å². The molecule has 2 rings (SSSR count). The van der Waals surface area contributed by atoms with Crippen LogP contribution in [0.25, 0.3) is 0 Å². The van der Waals surface area contributed by atoms with Gasteiger partial charge < -0.3 is 19.4 Å². The van der Waals surface area contributed by atoms with Gasteiger partial charge in [-0.15, -0.1) is 13.2 Å². The highest BCUT2D eigenvalue weighted by Crippen LogP contribution is 2.22. The molecule has 26 heavy (non-hydrogen) atoms. The Balaban J connectivity index is 1.94. The summed E-state index contributed by atoms with van der Waals surface area (Å²) in [5.74, 6) is -0.425. The molecule has 6 nitrogen and oxygen atoms in total. The number of nitrogens with one attached hydrogen (secondary N) is 1. The zero-order valence-corrected chi connectivity index (χ0v) is 14.1. The van der Waals surface area contributed by atoms with E-state index in [9.17, 15) is 22.8 Å². The molecule has 0 saturated heterocycles. The summed E-state index contributed by atoms with van der Waals surface area (Å²) in [5.41, 5.74) is 0.598. The minimum absolute atomic E-state index is 0.173. The molecule has 9 heteroatoms. The second-order valence-electron chi connectivity index (χ2n) is 5.35. The molecule has 1 heterocycles. The molecule has 1 N–H and O–H groups in total. The highest BCUT2D eigenvalue weighted by Gasteiger charge is 2.31. The predicted molar refractivity (Wildman–Crippen MR) is 87.4 cm³/mol. The van der Waals surface area contributed by atoms with Crippen LogP contribution in [-0.2, 0) is 6.54 Å². The number of ether oxygens (including phenoxy) is 2. The molecule has 0 aliphatic heterocycles. The third-order valence-corrected chi connectivity index (χ3v) is 3.52. The number of rotatable bonds is 6. The normalized spacial score (nSPS) is 11.1. The Morgan fingerprint density at radius 1 is 1.15 bits per heavy atom. The number of alkyl halides is 3. The van der Waals surface area contributed by atoms with Gasteiger partial charge in [0.2, 0.25) is 0 Å². The summed E-state index contributed by atoms with van der Waals surface area (Å²) >= 11 is 0. The fourth-order valence-electron chi connectivity index (χ4n) is 2.29. The molecule has 0 fully saturated rings. The first kappa shape index (κ1) is 19.4. The Hall–Kier alpha value is -2.97. The van der Waals surface area contributed by atoms with Crippen LogP contribution >= 0.6 is 0 Å². The number of nitrogens with zero attached hydrogens (tertiary/aromatic N) is 1. The lowest BCUT2D eigenvalue weighted by atomic mass is 10.2. The van der Waals surface area contributed by atoms with E-state index in [-0.39, 0.29) is 24.2 Å². The van der Waals surface area contributed by atoms with E-state index in [0.29, 0.717) is 11.4 Å². The number of halogens is 3. The van der Waals surface area contributed by atoms with Crippen LogP contribution in [0.4, 0.5) is 13.2 Å². The maximum atomic E-state index is 12.1. The molecule has 1 aromatic carbocycles. The molecule has 140 valence electrons. The van der Waals surface area contributed by atoms with Crippen molar-refractivity contribution in [3.63, 3.8) is 0 Å². The average molecular weight is 370 g/mol. The highest BCUT2D eigenvalue weighted by molar-refractivity contribution is 5.94. The topological polar surface area (TPSA) is 69.6 Å². The van der Waals surface area contributed by atoms with Gasteiger partial charge in [-0.2, -0.15) is 0 Å². The lowest BCUT2D eigenvalue weighted by Gasteiger charge is -2.12. The summed E-state index contributed by atoms with van der Waals surface area (Å²) in [6.45, 7) is 2.16. The van der Waals surface area contributed by atoms with Crippen LogP contribution in [0.1, 0.15) is 16.1 Å². The van der Waals surface area contributed by atoms with E-state index >= 15 is 0 Å². The van der Waals surface area contributed by atoms with E-state index in [1.807, 2.05) is 0 Å². The first-order chi connectivity index (χ1) is 12.2. The zero-order valence-electron chi connectivity index (χ0n) is 14.1. The van der Waals surface area contributed by atoms with Crippen LogP contribution in [0, 0.1) is 6.92 Å². The van der Waals surface area contributed by atoms with Crippen molar-refractivity contribution in [3.05, 3.63) is 58.0 Å². The minimum atomic E-state index is -4.78. The number of hydrogen-bond donors (Lipinski definition) is 1. The molecule has 0 aliphatic rings. The number of hydrogen-bond acceptors (Lipinski definition) is 4. The summed E-state index contributed by atoms with van der Waals surface area (Å²) in [5, 5.41) is 2.61. The quantitative estimate of drug-likeness (QED) is 0.848. The van der Waals surface area contributed by atoms with E-state index in [0.717, 1.165) is 12.1 Å². The molecule has 1 amide bonds. The van der Waals surface area contributed by atoms with Gasteiger partial charge in [0.05, 0.1) is 7.11 Å². The summed E-state index contributed by atoms with van der Waals surface area (Å²) in [4.78, 5) is 24.0. The van der Waals surface area contributed by atoms with Crippen molar-refractivity contribution in [2.45, 2.75) is 19.8 Å². The lowest BCUT2D eigenvalue weighted by Crippen LogP contribution is -2.31. The van der Waals surface area contributed by atoms with Crippen molar-refractivity contribution < 1.29 is 27.4 Å². The van der Waals surface area contributed by atoms with Crippen LogP contribution in [0.3, 0.4) is 0 Å². The summed E-state index contributed by atoms with van der Waals surface area (Å²) in [6.07, 6.45) is -4.78. The smallest absolute Gasteiger partial charge is 0.496 e. The SMILES string of the molecule is COc1cc(C)n(CCNC(=O)c2ccc(OC(F)(F)F)cc2)c(=O)c1. The number of benzene rings is 1. The first-order valence-corrected chi connectivity index (χ1v) is 7.59. The monoisotopic (exact) mass is 370 g/mol. The molecule has 0 bridgehead atoms. The summed E-state index contributed by atoms with van der Waals surface area (Å²) < 4.78 is 46.5. The second kappa shape index (κ2) is 7.94. The summed E-state index contributed by atoms with van der Waals surface area (Å²) in [6, 6.07) is 7.60. The second-order valence-corrected chi connectivity index (χ2v) is 5.35. The number of amides is 1. The van der Waals surface area contributed by atoms with Gasteiger partial charge in [-0.3, -0.25) is 9.59 Å². The third-order valence-electron chi connectivity index (χ3n) is 3.52. The van der Waals surface area contributed by atoms with E-state index < -0.39 is 18.0 Å². The van der Waals surface area contributed by atoms with Crippen molar-refractivity contribution in [2.24, 2.45) is 0 Å². The van der Waals surface area contributed by atoms with Crippen LogP contribution in [0.15, 0.2) is 41.2 Å². The Labute approximate surface area is 147 Å². The van der Waals surface area contributed by atoms with Crippen LogP contribution < -0.4 is 20.3 Å². The van der Waals surface area contributed by atoms with Gasteiger partial charge >= 0.3 is 6.36 Å². The van der Waals surface area contributed by atoms with Crippen molar-refractivity contribution in [2.75, 3.05) is 13.7 Å². The third kappa shape index (κ3) is 5.27. The van der Waals surface area contributed by atoms with E-state index in [4.69, 9.17) is 4.74 Å². The predicted octanol–water partition coefficient (Wildman–Crippen LogP) is 2.49. The van der Waals surface area contributed by atoms with Gasteiger partial charge in [-0.25, -0.2) is 0 Å². The first-order valence-electron chi connectivity index (χ1n) is 7.59. The van der Waals surface area contributed by atoms with Crippen LogP contribution in [0.5, 0.6) is 11.5 Å². The number of pyridine rings is 1. The molecular weight excluding hydrogens is 353 g/mol. The average Bonchev–Trinajstić information content (AvgIpc) is 2.56. The Bertz CT molecular complexity index is 829. The number of aryl methyl sites for hydroxylation is 1. The molecule has 0 unspecified atom stereocenters. The number of aromatic nitrogens is 1.